The smallest absolute Gasteiger partial charge is 0.407 e. The lowest BCUT2D eigenvalue weighted by Crippen LogP contribution is -2.53. The molecule has 0 bridgehead atoms. The summed E-state index contributed by atoms with van der Waals surface area (Å²) < 4.78 is 9.56. The molecule has 4 atom stereocenters. The van der Waals surface area contributed by atoms with Gasteiger partial charge < -0.3 is 34.9 Å². The van der Waals surface area contributed by atoms with Gasteiger partial charge in [0, 0.05) is 35.0 Å². The number of imidazole rings is 1. The monoisotopic (exact) mass is 767 g/mol. The van der Waals surface area contributed by atoms with Gasteiger partial charge in [0.2, 0.25) is 11.8 Å². The Bertz CT molecular complexity index is 2140. The van der Waals surface area contributed by atoms with Gasteiger partial charge >= 0.3 is 12.2 Å². The first-order chi connectivity index (χ1) is 26.4. The predicted molar refractivity (Wildman–Crippen MR) is 212 cm³/mol. The number of nitrogens with zero attached hydrogens (tertiary/aromatic N) is 4. The molecule has 14 heteroatoms. The molecule has 0 saturated carbocycles. The van der Waals surface area contributed by atoms with Gasteiger partial charge in [0.15, 0.2) is 0 Å². The summed E-state index contributed by atoms with van der Waals surface area (Å²) in [6.07, 6.45) is 2.82. The number of aromatic amines is 1. The van der Waals surface area contributed by atoms with Gasteiger partial charge in [-0.1, -0.05) is 45.9 Å². The number of amides is 4. The van der Waals surface area contributed by atoms with E-state index in [9.17, 15) is 19.2 Å². The van der Waals surface area contributed by atoms with E-state index < -0.39 is 24.3 Å². The summed E-state index contributed by atoms with van der Waals surface area (Å²) in [6.45, 7) is 8.88. The number of thiophene rings is 1. The first-order valence-corrected chi connectivity index (χ1v) is 19.9. The molecule has 13 nitrogen and oxygen atoms in total. The first kappa shape index (κ1) is 38.1. The molecule has 0 unspecified atom stereocenters. The Kier molecular flexibility index (Phi) is 11.0. The van der Waals surface area contributed by atoms with E-state index in [-0.39, 0.29) is 35.7 Å². The lowest BCUT2D eigenvalue weighted by Gasteiger charge is -2.30. The van der Waals surface area contributed by atoms with Crippen molar-refractivity contribution in [2.24, 2.45) is 16.8 Å². The van der Waals surface area contributed by atoms with Crippen LogP contribution in [0.3, 0.4) is 0 Å². The van der Waals surface area contributed by atoms with E-state index in [0.717, 1.165) is 80.4 Å². The molecular formula is C41H49N7O6S. The van der Waals surface area contributed by atoms with Gasteiger partial charge in [-0.3, -0.25) is 14.6 Å². The fourth-order valence-corrected chi connectivity index (χ4v) is 8.98. The molecule has 4 aromatic rings. The van der Waals surface area contributed by atoms with Crippen LogP contribution in [-0.2, 0) is 25.5 Å². The molecule has 3 aliphatic heterocycles. The minimum absolute atomic E-state index is 0.0884. The van der Waals surface area contributed by atoms with E-state index in [2.05, 4.69) is 58.1 Å². The van der Waals surface area contributed by atoms with E-state index in [1.165, 1.54) is 14.2 Å². The van der Waals surface area contributed by atoms with Crippen molar-refractivity contribution >= 4 is 57.8 Å². The van der Waals surface area contributed by atoms with Crippen LogP contribution in [0.2, 0.25) is 0 Å². The van der Waals surface area contributed by atoms with Crippen LogP contribution in [0.5, 0.6) is 0 Å². The number of aromatic nitrogens is 2. The zero-order valence-corrected chi connectivity index (χ0v) is 33.0. The van der Waals surface area contributed by atoms with Crippen LogP contribution < -0.4 is 10.6 Å². The topological polar surface area (TPSA) is 158 Å². The molecule has 0 radical (unpaired) electrons. The molecule has 2 aromatic carbocycles. The number of aliphatic imine (C=N–C) groups is 1. The molecule has 0 spiro atoms. The first-order valence-electron chi connectivity index (χ1n) is 19.1. The van der Waals surface area contributed by atoms with Crippen molar-refractivity contribution in [3.8, 4) is 20.9 Å². The van der Waals surface area contributed by atoms with Crippen molar-refractivity contribution in [3.63, 3.8) is 0 Å². The van der Waals surface area contributed by atoms with Crippen LogP contribution in [0.1, 0.15) is 70.8 Å². The largest absolute Gasteiger partial charge is 0.453 e. The molecule has 7 rings (SSSR count). The van der Waals surface area contributed by atoms with Crippen LogP contribution in [0.4, 0.5) is 15.3 Å². The zero-order chi connectivity index (χ0) is 39.0. The molecule has 2 aromatic heterocycles. The molecule has 5 heterocycles. The molecule has 3 N–H and O–H groups in total. The lowest BCUT2D eigenvalue weighted by atomic mass is 9.99. The highest BCUT2D eigenvalue weighted by atomic mass is 32.1. The summed E-state index contributed by atoms with van der Waals surface area (Å²) in [5, 5.41) is 5.44. The Labute approximate surface area is 324 Å². The fraction of sp³-hybridized carbons (Fsp3) is 0.463. The van der Waals surface area contributed by atoms with Crippen molar-refractivity contribution in [1.82, 2.24) is 30.4 Å². The maximum Gasteiger partial charge on any atom is 0.407 e. The van der Waals surface area contributed by atoms with Crippen molar-refractivity contribution in [3.05, 3.63) is 59.9 Å². The number of benzene rings is 2. The van der Waals surface area contributed by atoms with Crippen LogP contribution in [0, 0.1) is 11.8 Å². The van der Waals surface area contributed by atoms with Gasteiger partial charge in [0.05, 0.1) is 43.0 Å². The molecule has 2 saturated heterocycles. The number of carbonyl (C=O) groups excluding carboxylic acids is 4. The summed E-state index contributed by atoms with van der Waals surface area (Å²) in [5.41, 5.74) is 6.92. The summed E-state index contributed by atoms with van der Waals surface area (Å²) in [7, 11) is 2.60. The van der Waals surface area contributed by atoms with Crippen molar-refractivity contribution in [1.29, 1.82) is 0 Å². The van der Waals surface area contributed by atoms with Crippen LogP contribution >= 0.6 is 11.3 Å². The highest BCUT2D eigenvalue weighted by molar-refractivity contribution is 7.18. The Balaban J connectivity index is 1.07. The average molecular weight is 768 g/mol. The number of H-pyrrole nitrogens is 1. The minimum atomic E-state index is -0.689. The molecule has 4 amide bonds. The van der Waals surface area contributed by atoms with Crippen LogP contribution in [0.25, 0.3) is 31.9 Å². The number of fused-ring (bicyclic) bond motifs is 2. The van der Waals surface area contributed by atoms with Gasteiger partial charge in [-0.15, -0.1) is 11.3 Å². The standard InChI is InChI=1S/C41H49N7O6S/c1-22(2)35(45-40(51)53-5)38(49)47-17-7-9-31(47)30-19-24-11-12-25(20-28(24)42-30)33-15-16-34(55-33)26-13-14-27-29(21-26)44-37(43-27)32-10-8-18-48(32)39(50)36(23(3)4)46-41(52)54-6/h11-16,20-23,31-32,35-36H,7-10,17-19H2,1-6H3,(H,43,44)(H,45,51)(H,46,52)/t31-,32-,35-,36-/m0/s1. The predicted octanol–water partition coefficient (Wildman–Crippen LogP) is 7.00. The number of hydrogen-bond donors (Lipinski definition) is 3. The van der Waals surface area contributed by atoms with Gasteiger partial charge in [-0.25, -0.2) is 14.6 Å². The number of nitrogens with one attached hydrogen (secondary N) is 3. The Morgan fingerprint density at radius 1 is 0.782 bits per heavy atom. The van der Waals surface area contributed by atoms with Crippen molar-refractivity contribution in [2.75, 3.05) is 27.3 Å². The maximum atomic E-state index is 13.7. The Hall–Kier alpha value is -5.24. The molecule has 2 fully saturated rings. The van der Waals surface area contributed by atoms with E-state index in [1.54, 1.807) is 11.3 Å². The minimum Gasteiger partial charge on any atom is -0.453 e. The van der Waals surface area contributed by atoms with Crippen molar-refractivity contribution in [2.45, 2.75) is 84.0 Å². The Morgan fingerprint density at radius 2 is 1.35 bits per heavy atom. The third-order valence-corrected chi connectivity index (χ3v) is 12.1. The molecule has 3 aliphatic rings. The highest BCUT2D eigenvalue weighted by Crippen LogP contribution is 2.40. The number of alkyl carbamates (subject to hydrolysis) is 2. The van der Waals surface area contributed by atoms with Gasteiger partial charge in [-0.2, -0.15) is 0 Å². The highest BCUT2D eigenvalue weighted by Gasteiger charge is 2.40. The quantitative estimate of drug-likeness (QED) is 0.157. The SMILES string of the molecule is COC(=O)N[C@H](C(=O)N1CCC[C@H]1C1=Nc2cc(-c3ccc(-c4ccc5[nH]c([C@@H]6CCCN6C(=O)[C@@H](NC(=O)OC)C(C)C)nc5c4)s3)ccc2C1)C(C)C. The summed E-state index contributed by atoms with van der Waals surface area (Å²) >= 11 is 1.70. The summed E-state index contributed by atoms with van der Waals surface area (Å²) in [5.74, 6) is 0.313. The second kappa shape index (κ2) is 15.9. The number of hydrogen-bond acceptors (Lipinski definition) is 9. The van der Waals surface area contributed by atoms with E-state index in [0.29, 0.717) is 19.5 Å². The summed E-state index contributed by atoms with van der Waals surface area (Å²) in [6, 6.07) is 15.2. The number of rotatable bonds is 10. The van der Waals surface area contributed by atoms with Crippen LogP contribution in [-0.4, -0.2) is 94.9 Å². The third-order valence-electron chi connectivity index (χ3n) is 11.0. The van der Waals surface area contributed by atoms with Gasteiger partial charge in [0.1, 0.15) is 17.9 Å². The molecule has 0 aliphatic carbocycles. The number of methoxy groups -OCH3 is 2. The van der Waals surface area contributed by atoms with E-state index in [4.69, 9.17) is 19.5 Å². The zero-order valence-electron chi connectivity index (χ0n) is 32.2. The number of carbonyl (C=O) groups is 4. The van der Waals surface area contributed by atoms with Crippen LogP contribution in [0.15, 0.2) is 53.5 Å². The normalized spacial score (nSPS) is 19.1. The number of likely N-dealkylation sites (tertiary alicyclic amines) is 2. The average Bonchev–Trinajstić information content (AvgIpc) is 4.02. The second-order valence-electron chi connectivity index (χ2n) is 15.2. The second-order valence-corrected chi connectivity index (χ2v) is 16.3. The maximum absolute atomic E-state index is 13.7. The van der Waals surface area contributed by atoms with Crippen molar-refractivity contribution < 1.29 is 28.7 Å². The fourth-order valence-electron chi connectivity index (χ4n) is 7.99. The van der Waals surface area contributed by atoms with Gasteiger partial charge in [-0.05, 0) is 84.5 Å². The molecular weight excluding hydrogens is 719 g/mol. The summed E-state index contributed by atoms with van der Waals surface area (Å²) in [4.78, 5) is 70.7. The van der Waals surface area contributed by atoms with Gasteiger partial charge in [0.25, 0.3) is 0 Å². The molecule has 55 heavy (non-hydrogen) atoms. The lowest BCUT2D eigenvalue weighted by molar-refractivity contribution is -0.135. The van der Waals surface area contributed by atoms with E-state index in [1.807, 2.05) is 43.6 Å². The van der Waals surface area contributed by atoms with E-state index >= 15 is 0 Å². The Morgan fingerprint density at radius 3 is 1.95 bits per heavy atom. The third kappa shape index (κ3) is 7.69. The molecule has 290 valence electrons. The number of ether oxygens (including phenoxy) is 2.